The summed E-state index contributed by atoms with van der Waals surface area (Å²) in [6.45, 7) is 5.29. The largest absolute Gasteiger partial charge is 0.480 e. The Hall–Kier alpha value is -1.04. The molecule has 5 nitrogen and oxygen atoms in total. The number of nitrogens with zero attached hydrogens (tertiary/aromatic N) is 2. The fourth-order valence-electron chi connectivity index (χ4n) is 0.836. The van der Waals surface area contributed by atoms with Gasteiger partial charge in [-0.1, -0.05) is 18.7 Å². The van der Waals surface area contributed by atoms with Crippen LogP contribution in [0.25, 0.3) is 0 Å². The lowest BCUT2D eigenvalue weighted by atomic mass is 10.1. The van der Waals surface area contributed by atoms with Gasteiger partial charge in [-0.15, -0.1) is 5.10 Å². The summed E-state index contributed by atoms with van der Waals surface area (Å²) < 4.78 is -0.853. The Bertz CT molecular complexity index is 339. The number of rotatable bonds is 4. The van der Waals surface area contributed by atoms with Crippen LogP contribution in [-0.4, -0.2) is 31.0 Å². The Morgan fingerprint density at radius 1 is 1.71 bits per heavy atom. The Morgan fingerprint density at radius 2 is 2.36 bits per heavy atom. The van der Waals surface area contributed by atoms with E-state index in [4.69, 9.17) is 5.11 Å². The van der Waals surface area contributed by atoms with Crippen LogP contribution in [0.1, 0.15) is 26.1 Å². The van der Waals surface area contributed by atoms with Crippen molar-refractivity contribution in [1.29, 1.82) is 0 Å². The number of carbonyl (C=O) groups is 1. The summed E-state index contributed by atoms with van der Waals surface area (Å²) in [5.41, 5.74) is 0. The lowest BCUT2D eigenvalue weighted by Gasteiger charge is -2.19. The minimum Gasteiger partial charge on any atom is -0.480 e. The molecule has 0 saturated carbocycles. The Kier molecular flexibility index (Phi) is 3.15. The minimum absolute atomic E-state index is 0.481. The van der Waals surface area contributed by atoms with Gasteiger partial charge in [-0.3, -0.25) is 9.89 Å². The number of H-pyrrole nitrogens is 1. The summed E-state index contributed by atoms with van der Waals surface area (Å²) >= 11 is 1.17. The summed E-state index contributed by atoms with van der Waals surface area (Å²) in [4.78, 5) is 15.0. The first-order valence-corrected chi connectivity index (χ1v) is 5.11. The Balaban J connectivity index is 2.80. The number of hydrogen-bond acceptors (Lipinski definition) is 4. The van der Waals surface area contributed by atoms with Crippen LogP contribution >= 0.6 is 11.8 Å². The molecule has 1 unspecified atom stereocenters. The van der Waals surface area contributed by atoms with Crippen LogP contribution in [-0.2, 0) is 4.79 Å². The van der Waals surface area contributed by atoms with Crippen LogP contribution in [0.5, 0.6) is 0 Å². The van der Waals surface area contributed by atoms with Gasteiger partial charge < -0.3 is 5.11 Å². The fourth-order valence-corrected chi connectivity index (χ4v) is 1.74. The van der Waals surface area contributed by atoms with E-state index in [0.717, 1.165) is 0 Å². The smallest absolute Gasteiger partial charge is 0.319 e. The molecule has 1 atom stereocenters. The van der Waals surface area contributed by atoms with Crippen LogP contribution < -0.4 is 0 Å². The third kappa shape index (κ3) is 2.25. The Labute approximate surface area is 86.3 Å². The third-order valence-electron chi connectivity index (χ3n) is 2.02. The normalized spacial score (nSPS) is 15.1. The van der Waals surface area contributed by atoms with Crippen molar-refractivity contribution in [3.63, 3.8) is 0 Å². The van der Waals surface area contributed by atoms with E-state index >= 15 is 0 Å². The number of aliphatic carboxylic acids is 1. The van der Waals surface area contributed by atoms with Gasteiger partial charge in [0.05, 0.1) is 0 Å². The van der Waals surface area contributed by atoms with Crippen molar-refractivity contribution in [2.45, 2.75) is 37.1 Å². The zero-order chi connectivity index (χ0) is 10.8. The summed E-state index contributed by atoms with van der Waals surface area (Å²) in [5.74, 6) is -0.149. The lowest BCUT2D eigenvalue weighted by molar-refractivity contribution is -0.139. The summed E-state index contributed by atoms with van der Waals surface area (Å²) in [5, 5.41) is 16.1. The van der Waals surface area contributed by atoms with Gasteiger partial charge in [0.1, 0.15) is 10.6 Å². The van der Waals surface area contributed by atoms with Gasteiger partial charge in [0.25, 0.3) is 0 Å². The second kappa shape index (κ2) is 4.00. The number of aromatic nitrogens is 3. The van der Waals surface area contributed by atoms with Gasteiger partial charge in [0, 0.05) is 0 Å². The minimum atomic E-state index is -0.853. The molecule has 2 N–H and O–H groups in total. The molecule has 0 amide bonds. The molecule has 0 fully saturated rings. The van der Waals surface area contributed by atoms with E-state index in [1.807, 2.05) is 6.92 Å². The lowest BCUT2D eigenvalue weighted by Crippen LogP contribution is -2.30. The maximum Gasteiger partial charge on any atom is 0.319 e. The highest BCUT2D eigenvalue weighted by molar-refractivity contribution is 8.01. The highest BCUT2D eigenvalue weighted by Crippen LogP contribution is 2.33. The molecule has 1 aromatic heterocycles. The molecule has 1 heterocycles. The first-order chi connectivity index (χ1) is 6.48. The van der Waals surface area contributed by atoms with Crippen LogP contribution in [0.2, 0.25) is 0 Å². The molecule has 0 aromatic carbocycles. The maximum atomic E-state index is 11.0. The molecule has 0 spiro atoms. The van der Waals surface area contributed by atoms with Crippen molar-refractivity contribution >= 4 is 17.7 Å². The van der Waals surface area contributed by atoms with Gasteiger partial charge in [-0.2, -0.15) is 0 Å². The topological polar surface area (TPSA) is 78.9 Å². The quantitative estimate of drug-likeness (QED) is 0.743. The molecule has 0 saturated heterocycles. The molecule has 1 aromatic rings. The number of aromatic amines is 1. The molecule has 0 aliphatic heterocycles. The molecule has 0 aliphatic rings. The first-order valence-electron chi connectivity index (χ1n) is 4.29. The van der Waals surface area contributed by atoms with Crippen molar-refractivity contribution < 1.29 is 9.90 Å². The average molecular weight is 215 g/mol. The van der Waals surface area contributed by atoms with Crippen LogP contribution in [0, 0.1) is 6.92 Å². The van der Waals surface area contributed by atoms with Gasteiger partial charge in [0.15, 0.2) is 0 Å². The summed E-state index contributed by atoms with van der Waals surface area (Å²) in [6, 6.07) is 0. The zero-order valence-electron chi connectivity index (χ0n) is 8.37. The number of carboxylic acids is 1. The molecule has 1 rings (SSSR count). The second-order valence-corrected chi connectivity index (χ2v) is 4.67. The predicted molar refractivity (Wildman–Crippen MR) is 53.3 cm³/mol. The molecular formula is C8H13N3O2S. The van der Waals surface area contributed by atoms with Crippen molar-refractivity contribution in [3.8, 4) is 0 Å². The fraction of sp³-hybridized carbons (Fsp3) is 0.625. The van der Waals surface area contributed by atoms with Crippen LogP contribution in [0.3, 0.4) is 0 Å². The van der Waals surface area contributed by atoms with Crippen molar-refractivity contribution in [2.24, 2.45) is 0 Å². The number of thioether (sulfide) groups is 1. The zero-order valence-corrected chi connectivity index (χ0v) is 9.18. The molecule has 14 heavy (non-hydrogen) atoms. The highest BCUT2D eigenvalue weighted by Gasteiger charge is 2.33. The highest BCUT2D eigenvalue weighted by atomic mass is 32.2. The predicted octanol–water partition coefficient (Wildman–Crippen LogP) is 1.46. The van der Waals surface area contributed by atoms with Crippen molar-refractivity contribution in [1.82, 2.24) is 15.2 Å². The van der Waals surface area contributed by atoms with Gasteiger partial charge >= 0.3 is 5.97 Å². The summed E-state index contributed by atoms with van der Waals surface area (Å²) in [7, 11) is 0. The second-order valence-electron chi connectivity index (χ2n) is 3.20. The SMILES string of the molecule is CCC(C)(Sc1n[nH]c(C)n1)C(=O)O. The standard InChI is InChI=1S/C8H13N3O2S/c1-4-8(3,6(12)13)14-7-9-5(2)10-11-7/h4H2,1-3H3,(H,12,13)(H,9,10,11). The molecule has 0 radical (unpaired) electrons. The van der Waals surface area contributed by atoms with Crippen molar-refractivity contribution in [2.75, 3.05) is 0 Å². The summed E-state index contributed by atoms with van der Waals surface area (Å²) in [6.07, 6.45) is 0.528. The average Bonchev–Trinajstić information content (AvgIpc) is 2.50. The van der Waals surface area contributed by atoms with Crippen LogP contribution in [0.15, 0.2) is 5.16 Å². The number of hydrogen-bond donors (Lipinski definition) is 2. The van der Waals surface area contributed by atoms with E-state index in [-0.39, 0.29) is 0 Å². The van der Waals surface area contributed by atoms with E-state index < -0.39 is 10.7 Å². The molecule has 6 heteroatoms. The van der Waals surface area contributed by atoms with Gasteiger partial charge in [-0.25, -0.2) is 4.98 Å². The van der Waals surface area contributed by atoms with Crippen molar-refractivity contribution in [3.05, 3.63) is 5.82 Å². The Morgan fingerprint density at radius 3 is 2.71 bits per heavy atom. The first kappa shape index (κ1) is 11.0. The van der Waals surface area contributed by atoms with E-state index in [2.05, 4.69) is 15.2 Å². The molecule has 0 aliphatic carbocycles. The molecule has 0 bridgehead atoms. The third-order valence-corrected chi connectivity index (χ3v) is 3.30. The van der Waals surface area contributed by atoms with E-state index in [1.165, 1.54) is 11.8 Å². The van der Waals surface area contributed by atoms with Gasteiger partial charge in [-0.05, 0) is 20.3 Å². The van der Waals surface area contributed by atoms with E-state index in [1.54, 1.807) is 13.8 Å². The molecule has 78 valence electrons. The van der Waals surface area contributed by atoms with E-state index in [0.29, 0.717) is 17.4 Å². The number of aryl methyl sites for hydroxylation is 1. The maximum absolute atomic E-state index is 11.0. The van der Waals surface area contributed by atoms with Gasteiger partial charge in [0.2, 0.25) is 5.16 Å². The monoisotopic (exact) mass is 215 g/mol. The molecular weight excluding hydrogens is 202 g/mol. The number of nitrogens with one attached hydrogen (secondary N) is 1. The van der Waals surface area contributed by atoms with Crippen LogP contribution in [0.4, 0.5) is 0 Å². The number of carboxylic acid groups (broad SMARTS) is 1. The van der Waals surface area contributed by atoms with E-state index in [9.17, 15) is 4.79 Å².